The van der Waals surface area contributed by atoms with Gasteiger partial charge in [0.05, 0.1) is 13.3 Å². The Morgan fingerprint density at radius 2 is 2.00 bits per heavy atom. The predicted octanol–water partition coefficient (Wildman–Crippen LogP) is 2.55. The van der Waals surface area contributed by atoms with E-state index in [2.05, 4.69) is 5.10 Å². The van der Waals surface area contributed by atoms with Crippen molar-refractivity contribution in [1.29, 1.82) is 0 Å². The zero-order valence-electron chi connectivity index (χ0n) is 10.9. The van der Waals surface area contributed by atoms with E-state index in [0.29, 0.717) is 5.75 Å². The van der Waals surface area contributed by atoms with Gasteiger partial charge in [-0.1, -0.05) is 18.2 Å². The molecule has 0 radical (unpaired) electrons. The van der Waals surface area contributed by atoms with Crippen molar-refractivity contribution in [2.75, 3.05) is 7.11 Å². The van der Waals surface area contributed by atoms with E-state index in [9.17, 15) is 5.11 Å². The van der Waals surface area contributed by atoms with Gasteiger partial charge in [0, 0.05) is 23.4 Å². The van der Waals surface area contributed by atoms with Crippen molar-refractivity contribution >= 4 is 0 Å². The number of aromatic nitrogens is 2. The van der Waals surface area contributed by atoms with Crippen LogP contribution in [0.5, 0.6) is 5.75 Å². The molecule has 4 nitrogen and oxygen atoms in total. The van der Waals surface area contributed by atoms with E-state index in [1.54, 1.807) is 13.3 Å². The molecule has 2 rings (SSSR count). The van der Waals surface area contributed by atoms with Crippen LogP contribution >= 0.6 is 0 Å². The first-order valence-corrected chi connectivity index (χ1v) is 5.98. The van der Waals surface area contributed by atoms with E-state index in [1.165, 1.54) is 0 Å². The summed E-state index contributed by atoms with van der Waals surface area (Å²) in [5, 5.41) is 14.6. The summed E-state index contributed by atoms with van der Waals surface area (Å²) in [6.45, 7) is 4.10. The van der Waals surface area contributed by atoms with E-state index in [4.69, 9.17) is 4.74 Å². The van der Waals surface area contributed by atoms with Crippen molar-refractivity contribution in [3.63, 3.8) is 0 Å². The molecule has 0 spiro atoms. The zero-order chi connectivity index (χ0) is 13.1. The van der Waals surface area contributed by atoms with Gasteiger partial charge >= 0.3 is 0 Å². The van der Waals surface area contributed by atoms with Crippen molar-refractivity contribution in [3.05, 3.63) is 47.8 Å². The fourth-order valence-electron chi connectivity index (χ4n) is 1.85. The number of nitrogens with zero attached hydrogens (tertiary/aromatic N) is 2. The van der Waals surface area contributed by atoms with Crippen LogP contribution in [-0.2, 0) is 0 Å². The molecule has 1 atom stereocenters. The summed E-state index contributed by atoms with van der Waals surface area (Å²) < 4.78 is 7.08. The maximum Gasteiger partial charge on any atom is 0.125 e. The largest absolute Gasteiger partial charge is 0.496 e. The minimum atomic E-state index is -0.714. The van der Waals surface area contributed by atoms with Crippen molar-refractivity contribution in [2.24, 2.45) is 0 Å². The molecule has 1 unspecified atom stereocenters. The Balaban J connectivity index is 2.32. The first-order chi connectivity index (χ1) is 8.63. The topological polar surface area (TPSA) is 47.3 Å². The third-order valence-corrected chi connectivity index (χ3v) is 2.90. The number of benzene rings is 1. The van der Waals surface area contributed by atoms with Crippen LogP contribution in [0.25, 0.3) is 0 Å². The Bertz CT molecular complexity index is 520. The molecule has 96 valence electrons. The summed E-state index contributed by atoms with van der Waals surface area (Å²) in [6.07, 6.45) is 2.84. The molecular formula is C14H18N2O2. The van der Waals surface area contributed by atoms with Gasteiger partial charge in [0.2, 0.25) is 0 Å². The Morgan fingerprint density at radius 1 is 1.28 bits per heavy atom. The number of para-hydroxylation sites is 1. The maximum absolute atomic E-state index is 10.4. The average Bonchev–Trinajstić information content (AvgIpc) is 2.87. The third kappa shape index (κ3) is 2.38. The van der Waals surface area contributed by atoms with Crippen molar-refractivity contribution in [3.8, 4) is 5.75 Å². The Hall–Kier alpha value is -1.81. The van der Waals surface area contributed by atoms with Gasteiger partial charge in [-0.05, 0) is 19.9 Å². The summed E-state index contributed by atoms with van der Waals surface area (Å²) in [6, 6.07) is 7.74. The summed E-state index contributed by atoms with van der Waals surface area (Å²) in [7, 11) is 1.60. The highest BCUT2D eigenvalue weighted by Gasteiger charge is 2.17. The lowest BCUT2D eigenvalue weighted by molar-refractivity contribution is 0.214. The number of aliphatic hydroxyl groups is 1. The molecule has 0 aliphatic carbocycles. The van der Waals surface area contributed by atoms with Crippen LogP contribution < -0.4 is 4.74 Å². The molecule has 0 saturated carbocycles. The first-order valence-electron chi connectivity index (χ1n) is 5.98. The normalized spacial score (nSPS) is 12.7. The summed E-state index contributed by atoms with van der Waals surface area (Å²) >= 11 is 0. The van der Waals surface area contributed by atoms with Gasteiger partial charge in [-0.15, -0.1) is 0 Å². The number of ether oxygens (including phenoxy) is 1. The van der Waals surface area contributed by atoms with Crippen LogP contribution in [0.1, 0.15) is 37.1 Å². The quantitative estimate of drug-likeness (QED) is 0.901. The van der Waals surface area contributed by atoms with Crippen LogP contribution in [0.15, 0.2) is 36.7 Å². The second kappa shape index (κ2) is 5.23. The van der Waals surface area contributed by atoms with E-state index >= 15 is 0 Å². The Labute approximate surface area is 107 Å². The lowest BCUT2D eigenvalue weighted by Gasteiger charge is -2.13. The van der Waals surface area contributed by atoms with E-state index < -0.39 is 6.10 Å². The van der Waals surface area contributed by atoms with Gasteiger partial charge in [-0.2, -0.15) is 5.10 Å². The summed E-state index contributed by atoms with van der Waals surface area (Å²) in [5.74, 6) is 0.683. The molecule has 0 aliphatic heterocycles. The second-order valence-electron chi connectivity index (χ2n) is 4.49. The average molecular weight is 246 g/mol. The van der Waals surface area contributed by atoms with Crippen LogP contribution in [0.2, 0.25) is 0 Å². The molecule has 0 saturated heterocycles. The number of hydrogen-bond acceptors (Lipinski definition) is 3. The lowest BCUT2D eigenvalue weighted by atomic mass is 10.0. The SMILES string of the molecule is COc1ccccc1C(O)c1cnn(C(C)C)c1. The third-order valence-electron chi connectivity index (χ3n) is 2.90. The standard InChI is InChI=1S/C14H18N2O2/c1-10(2)16-9-11(8-15-16)14(17)12-6-4-5-7-13(12)18-3/h4-10,14,17H,1-3H3. The molecule has 4 heteroatoms. The number of hydrogen-bond donors (Lipinski definition) is 1. The van der Waals surface area contributed by atoms with E-state index in [-0.39, 0.29) is 6.04 Å². The second-order valence-corrected chi connectivity index (χ2v) is 4.49. The molecule has 1 aromatic carbocycles. The minimum Gasteiger partial charge on any atom is -0.496 e. The molecule has 0 bridgehead atoms. The van der Waals surface area contributed by atoms with E-state index in [1.807, 2.05) is 49.0 Å². The minimum absolute atomic E-state index is 0.281. The molecule has 0 fully saturated rings. The van der Waals surface area contributed by atoms with E-state index in [0.717, 1.165) is 11.1 Å². The Kier molecular flexibility index (Phi) is 3.67. The highest BCUT2D eigenvalue weighted by Crippen LogP contribution is 2.29. The van der Waals surface area contributed by atoms with Gasteiger partial charge in [0.1, 0.15) is 11.9 Å². The van der Waals surface area contributed by atoms with Crippen molar-refractivity contribution in [1.82, 2.24) is 9.78 Å². The van der Waals surface area contributed by atoms with Crippen LogP contribution in [0, 0.1) is 0 Å². The van der Waals surface area contributed by atoms with Crippen LogP contribution in [0.4, 0.5) is 0 Å². The van der Waals surface area contributed by atoms with Crippen molar-refractivity contribution in [2.45, 2.75) is 26.0 Å². The molecular weight excluding hydrogens is 228 g/mol. The molecule has 1 N–H and O–H groups in total. The van der Waals surface area contributed by atoms with Gasteiger partial charge in [-0.3, -0.25) is 4.68 Å². The molecule has 1 aromatic heterocycles. The first kappa shape index (κ1) is 12.6. The number of rotatable bonds is 4. The molecule has 18 heavy (non-hydrogen) atoms. The van der Waals surface area contributed by atoms with Gasteiger partial charge in [0.15, 0.2) is 0 Å². The van der Waals surface area contributed by atoms with Crippen LogP contribution in [0.3, 0.4) is 0 Å². The monoisotopic (exact) mass is 246 g/mol. The highest BCUT2D eigenvalue weighted by molar-refractivity contribution is 5.39. The number of aliphatic hydroxyl groups excluding tert-OH is 1. The highest BCUT2D eigenvalue weighted by atomic mass is 16.5. The Morgan fingerprint density at radius 3 is 2.61 bits per heavy atom. The molecule has 0 aliphatic rings. The summed E-state index contributed by atoms with van der Waals surface area (Å²) in [5.41, 5.74) is 1.52. The fourth-order valence-corrected chi connectivity index (χ4v) is 1.85. The predicted molar refractivity (Wildman–Crippen MR) is 69.7 cm³/mol. The van der Waals surface area contributed by atoms with Crippen LogP contribution in [-0.4, -0.2) is 22.0 Å². The van der Waals surface area contributed by atoms with Crippen molar-refractivity contribution < 1.29 is 9.84 Å². The zero-order valence-corrected chi connectivity index (χ0v) is 10.9. The summed E-state index contributed by atoms with van der Waals surface area (Å²) in [4.78, 5) is 0. The smallest absolute Gasteiger partial charge is 0.125 e. The van der Waals surface area contributed by atoms with Gasteiger partial charge < -0.3 is 9.84 Å². The maximum atomic E-state index is 10.4. The molecule has 0 amide bonds. The molecule has 2 aromatic rings. The fraction of sp³-hybridized carbons (Fsp3) is 0.357. The van der Waals surface area contributed by atoms with Gasteiger partial charge in [0.25, 0.3) is 0 Å². The number of methoxy groups -OCH3 is 1. The molecule has 1 heterocycles. The van der Waals surface area contributed by atoms with Gasteiger partial charge in [-0.25, -0.2) is 0 Å². The lowest BCUT2D eigenvalue weighted by Crippen LogP contribution is -2.02.